The number of esters is 1. The molecule has 0 saturated carbocycles. The van der Waals surface area contributed by atoms with Crippen molar-refractivity contribution in [2.75, 3.05) is 11.9 Å². The van der Waals surface area contributed by atoms with Gasteiger partial charge in [0.1, 0.15) is 11.6 Å². The van der Waals surface area contributed by atoms with Gasteiger partial charge >= 0.3 is 5.97 Å². The van der Waals surface area contributed by atoms with Crippen molar-refractivity contribution in [1.29, 1.82) is 5.26 Å². The van der Waals surface area contributed by atoms with Gasteiger partial charge in [0, 0.05) is 18.2 Å². The van der Waals surface area contributed by atoms with Gasteiger partial charge in [0.15, 0.2) is 11.5 Å². The first-order chi connectivity index (χ1) is 12.9. The molecule has 0 spiro atoms. The fraction of sp³-hybridized carbons (Fsp3) is 0.211. The SMILES string of the molecule is C=c1c(C#N)c(C(=O)OCC)c2nc(-c3ccc(C)c(NC(C)=O)c3)nn12. The summed E-state index contributed by atoms with van der Waals surface area (Å²) in [7, 11) is 0. The van der Waals surface area contributed by atoms with Crippen LogP contribution < -0.4 is 10.7 Å². The number of fused-ring (bicyclic) bond motifs is 1. The largest absolute Gasteiger partial charge is 0.462 e. The Bertz CT molecular complexity index is 1160. The lowest BCUT2D eigenvalue weighted by Gasteiger charge is -2.07. The Labute approximate surface area is 155 Å². The second kappa shape index (κ2) is 6.88. The zero-order valence-electron chi connectivity index (χ0n) is 15.2. The molecule has 0 aliphatic carbocycles. The van der Waals surface area contributed by atoms with Gasteiger partial charge in [-0.2, -0.15) is 5.26 Å². The van der Waals surface area contributed by atoms with Crippen molar-refractivity contribution in [2.24, 2.45) is 0 Å². The number of carbonyl (C=O) groups excluding carboxylic acids is 2. The van der Waals surface area contributed by atoms with Crippen molar-refractivity contribution in [1.82, 2.24) is 14.6 Å². The number of nitriles is 1. The number of ether oxygens (including phenoxy) is 1. The minimum absolute atomic E-state index is 0.0531. The molecule has 2 heterocycles. The van der Waals surface area contributed by atoms with E-state index < -0.39 is 5.97 Å². The van der Waals surface area contributed by atoms with Crippen LogP contribution in [-0.4, -0.2) is 33.1 Å². The number of amides is 1. The summed E-state index contributed by atoms with van der Waals surface area (Å²) < 4.78 is 6.40. The smallest absolute Gasteiger partial charge is 0.343 e. The number of rotatable bonds is 4. The molecule has 136 valence electrons. The summed E-state index contributed by atoms with van der Waals surface area (Å²) in [6.07, 6.45) is 0. The van der Waals surface area contributed by atoms with Gasteiger partial charge in [-0.3, -0.25) is 4.79 Å². The fourth-order valence-corrected chi connectivity index (χ4v) is 2.75. The van der Waals surface area contributed by atoms with Crippen LogP contribution in [0.5, 0.6) is 0 Å². The zero-order valence-corrected chi connectivity index (χ0v) is 15.2. The predicted molar refractivity (Wildman–Crippen MR) is 98.9 cm³/mol. The van der Waals surface area contributed by atoms with E-state index in [1.54, 1.807) is 13.0 Å². The van der Waals surface area contributed by atoms with Gasteiger partial charge in [0.05, 0.1) is 17.5 Å². The Hall–Kier alpha value is -3.73. The molecule has 3 rings (SSSR count). The van der Waals surface area contributed by atoms with E-state index in [2.05, 4.69) is 22.0 Å². The van der Waals surface area contributed by atoms with Crippen LogP contribution in [0.4, 0.5) is 5.69 Å². The highest BCUT2D eigenvalue weighted by Crippen LogP contribution is 2.25. The first kappa shape index (κ1) is 18.1. The van der Waals surface area contributed by atoms with Gasteiger partial charge in [0.2, 0.25) is 5.91 Å². The molecule has 8 nitrogen and oxygen atoms in total. The molecule has 0 unspecified atom stereocenters. The highest BCUT2D eigenvalue weighted by atomic mass is 16.5. The van der Waals surface area contributed by atoms with Gasteiger partial charge in [-0.25, -0.2) is 14.3 Å². The monoisotopic (exact) mass is 363 g/mol. The Balaban J connectivity index is 2.17. The highest BCUT2D eigenvalue weighted by molar-refractivity contribution is 5.99. The number of nitrogens with zero attached hydrogens (tertiary/aromatic N) is 4. The van der Waals surface area contributed by atoms with E-state index in [-0.39, 0.29) is 34.6 Å². The topological polar surface area (TPSA) is 109 Å². The third kappa shape index (κ3) is 3.11. The Morgan fingerprint density at radius 1 is 1.41 bits per heavy atom. The normalized spacial score (nSPS) is 10.6. The van der Waals surface area contributed by atoms with Gasteiger partial charge in [-0.05, 0) is 25.5 Å². The summed E-state index contributed by atoms with van der Waals surface area (Å²) in [6.45, 7) is 8.99. The van der Waals surface area contributed by atoms with Crippen LogP contribution in [0.15, 0.2) is 18.2 Å². The number of hydrogen-bond acceptors (Lipinski definition) is 6. The molecule has 1 N–H and O–H groups in total. The molecule has 0 atom stereocenters. The van der Waals surface area contributed by atoms with E-state index in [4.69, 9.17) is 4.74 Å². The van der Waals surface area contributed by atoms with Crippen molar-refractivity contribution in [3.63, 3.8) is 0 Å². The number of anilines is 1. The lowest BCUT2D eigenvalue weighted by Crippen LogP contribution is -2.12. The van der Waals surface area contributed by atoms with Crippen molar-refractivity contribution < 1.29 is 14.3 Å². The highest BCUT2D eigenvalue weighted by Gasteiger charge is 2.25. The molecule has 0 bridgehead atoms. The lowest BCUT2D eigenvalue weighted by atomic mass is 10.1. The summed E-state index contributed by atoms with van der Waals surface area (Å²) in [4.78, 5) is 28.1. The Kier molecular flexibility index (Phi) is 4.60. The van der Waals surface area contributed by atoms with Crippen molar-refractivity contribution >= 4 is 29.8 Å². The van der Waals surface area contributed by atoms with Crippen LogP contribution in [-0.2, 0) is 9.53 Å². The molecule has 0 radical (unpaired) electrons. The maximum Gasteiger partial charge on any atom is 0.343 e. The van der Waals surface area contributed by atoms with Crippen LogP contribution in [0.2, 0.25) is 0 Å². The van der Waals surface area contributed by atoms with Crippen LogP contribution in [0, 0.1) is 18.3 Å². The number of benzene rings is 1. The zero-order chi connectivity index (χ0) is 19.7. The van der Waals surface area contributed by atoms with E-state index in [0.29, 0.717) is 17.1 Å². The molecule has 0 fully saturated rings. The second-order valence-electron chi connectivity index (χ2n) is 5.91. The summed E-state index contributed by atoms with van der Waals surface area (Å²) in [5.74, 6) is -0.484. The van der Waals surface area contributed by atoms with Crippen LogP contribution in [0.3, 0.4) is 0 Å². The Morgan fingerprint density at radius 2 is 2.15 bits per heavy atom. The van der Waals surface area contributed by atoms with E-state index in [1.807, 2.05) is 25.1 Å². The summed E-state index contributed by atoms with van der Waals surface area (Å²) in [5, 5.41) is 16.8. The van der Waals surface area contributed by atoms with Crippen LogP contribution in [0.25, 0.3) is 23.6 Å². The average Bonchev–Trinajstić information content (AvgIpc) is 3.15. The first-order valence-electron chi connectivity index (χ1n) is 8.24. The molecule has 8 heteroatoms. The summed E-state index contributed by atoms with van der Waals surface area (Å²) in [5.41, 5.74) is 2.55. The van der Waals surface area contributed by atoms with E-state index >= 15 is 0 Å². The third-order valence-electron chi connectivity index (χ3n) is 4.02. The van der Waals surface area contributed by atoms with Crippen molar-refractivity contribution in [2.45, 2.75) is 20.8 Å². The standard InChI is InChI=1S/C19H17N5O3/c1-5-27-19(26)16-14(9-20)11(3)24-18(16)22-17(23-24)13-7-6-10(2)15(8-13)21-12(4)25/h6-8H,3,5H2,1-2,4H3,(H,21,25). The molecular formula is C19H17N5O3. The van der Waals surface area contributed by atoms with Crippen molar-refractivity contribution in [3.05, 3.63) is 40.2 Å². The molecule has 27 heavy (non-hydrogen) atoms. The predicted octanol–water partition coefficient (Wildman–Crippen LogP) is 1.84. The first-order valence-corrected chi connectivity index (χ1v) is 8.24. The maximum absolute atomic E-state index is 12.3. The molecule has 0 aliphatic rings. The maximum atomic E-state index is 12.3. The number of aryl methyl sites for hydroxylation is 1. The van der Waals surface area contributed by atoms with Gasteiger partial charge < -0.3 is 10.1 Å². The third-order valence-corrected chi connectivity index (χ3v) is 4.02. The molecule has 1 aromatic carbocycles. The van der Waals surface area contributed by atoms with E-state index in [9.17, 15) is 14.9 Å². The average molecular weight is 363 g/mol. The van der Waals surface area contributed by atoms with Gasteiger partial charge in [-0.1, -0.05) is 18.7 Å². The van der Waals surface area contributed by atoms with Gasteiger partial charge in [-0.15, -0.1) is 5.10 Å². The quantitative estimate of drug-likeness (QED) is 0.708. The minimum Gasteiger partial charge on any atom is -0.462 e. The minimum atomic E-state index is -0.643. The Morgan fingerprint density at radius 3 is 2.78 bits per heavy atom. The van der Waals surface area contributed by atoms with Crippen LogP contribution in [0.1, 0.15) is 35.3 Å². The molecular weight excluding hydrogens is 346 g/mol. The summed E-state index contributed by atoms with van der Waals surface area (Å²) in [6, 6.07) is 7.37. The molecule has 3 aromatic rings. The van der Waals surface area contributed by atoms with Crippen LogP contribution >= 0.6 is 0 Å². The number of hydrogen-bond donors (Lipinski definition) is 1. The number of aromatic nitrogens is 3. The van der Waals surface area contributed by atoms with E-state index in [1.165, 1.54) is 11.4 Å². The van der Waals surface area contributed by atoms with Gasteiger partial charge in [0.25, 0.3) is 0 Å². The summed E-state index contributed by atoms with van der Waals surface area (Å²) >= 11 is 0. The lowest BCUT2D eigenvalue weighted by molar-refractivity contribution is -0.114. The number of carbonyl (C=O) groups is 2. The van der Waals surface area contributed by atoms with E-state index in [0.717, 1.165) is 5.56 Å². The number of nitrogens with one attached hydrogen (secondary N) is 1. The molecule has 0 aliphatic heterocycles. The molecule has 2 aromatic heterocycles. The van der Waals surface area contributed by atoms with Crippen molar-refractivity contribution in [3.8, 4) is 17.5 Å². The molecule has 1 amide bonds. The molecule has 0 saturated heterocycles. The fourth-order valence-electron chi connectivity index (χ4n) is 2.75. The second-order valence-corrected chi connectivity index (χ2v) is 5.91.